The molecule has 6 N–H and O–H groups in total. The van der Waals surface area contributed by atoms with Gasteiger partial charge < -0.3 is 63.8 Å². The number of ether oxygens (including phenoxy) is 7. The largest absolute Gasteiger partial charge is 0.493 e. The van der Waals surface area contributed by atoms with Crippen molar-refractivity contribution in [3.63, 3.8) is 0 Å². The Labute approximate surface area is 195 Å². The van der Waals surface area contributed by atoms with Crippen LogP contribution in [0.25, 0.3) is 0 Å². The highest BCUT2D eigenvalue weighted by atomic mass is 16.8. The molecule has 1 aromatic carbocycles. The zero-order valence-corrected chi connectivity index (χ0v) is 19.2. The fourth-order valence-corrected chi connectivity index (χ4v) is 3.84. The zero-order chi connectivity index (χ0) is 25.2. The molecule has 2 aliphatic rings. The molecule has 2 saturated heterocycles. The number of aliphatic hydroxyl groups is 6. The summed E-state index contributed by atoms with van der Waals surface area (Å²) in [5.74, 6) is 0.976. The average Bonchev–Trinajstić information content (AvgIpc) is 2.84. The predicted octanol–water partition coefficient (Wildman–Crippen LogP) is -2.26. The lowest BCUT2D eigenvalue weighted by Crippen LogP contribution is -2.64. The van der Waals surface area contributed by atoms with Gasteiger partial charge in [-0.3, -0.25) is 0 Å². The van der Waals surface area contributed by atoms with E-state index in [1.54, 1.807) is 0 Å². The van der Waals surface area contributed by atoms with E-state index in [1.807, 2.05) is 0 Å². The normalized spacial score (nSPS) is 38.3. The lowest BCUT2D eigenvalue weighted by atomic mass is 9.97. The van der Waals surface area contributed by atoms with Crippen molar-refractivity contribution in [3.05, 3.63) is 12.1 Å². The molecule has 34 heavy (non-hydrogen) atoms. The Morgan fingerprint density at radius 3 is 1.91 bits per heavy atom. The van der Waals surface area contributed by atoms with Crippen molar-refractivity contribution >= 4 is 0 Å². The van der Waals surface area contributed by atoms with E-state index < -0.39 is 68.0 Å². The number of methoxy groups -OCH3 is 3. The topological polar surface area (TPSA) is 186 Å². The molecule has 194 valence electrons. The van der Waals surface area contributed by atoms with Gasteiger partial charge in [0.2, 0.25) is 12.0 Å². The molecule has 0 bridgehead atoms. The van der Waals surface area contributed by atoms with Gasteiger partial charge in [-0.2, -0.15) is 0 Å². The van der Waals surface area contributed by atoms with Gasteiger partial charge in [-0.15, -0.1) is 0 Å². The van der Waals surface area contributed by atoms with Crippen LogP contribution in [0.15, 0.2) is 12.1 Å². The maximum absolute atomic E-state index is 10.7. The summed E-state index contributed by atoms with van der Waals surface area (Å²) in [7, 11) is 4.25. The predicted molar refractivity (Wildman–Crippen MR) is 112 cm³/mol. The summed E-state index contributed by atoms with van der Waals surface area (Å²) in [5.41, 5.74) is 0. The Morgan fingerprint density at radius 2 is 1.38 bits per heavy atom. The third-order valence-electron chi connectivity index (χ3n) is 5.81. The second-order valence-corrected chi connectivity index (χ2v) is 7.97. The molecule has 0 amide bonds. The van der Waals surface area contributed by atoms with Crippen LogP contribution in [-0.4, -0.2) is 120 Å². The molecule has 13 nitrogen and oxygen atoms in total. The molecule has 3 rings (SSSR count). The minimum absolute atomic E-state index is 0.141. The summed E-state index contributed by atoms with van der Waals surface area (Å²) >= 11 is 0. The summed E-state index contributed by atoms with van der Waals surface area (Å²) in [5, 5.41) is 60.9. The fourth-order valence-electron chi connectivity index (χ4n) is 3.84. The maximum Gasteiger partial charge on any atom is 0.229 e. The molecular weight excluding hydrogens is 460 g/mol. The van der Waals surface area contributed by atoms with E-state index in [9.17, 15) is 30.6 Å². The quantitative estimate of drug-likeness (QED) is 0.229. The first-order chi connectivity index (χ1) is 16.2. The second kappa shape index (κ2) is 11.2. The Balaban J connectivity index is 1.90. The Morgan fingerprint density at radius 1 is 0.765 bits per heavy atom. The van der Waals surface area contributed by atoms with Crippen LogP contribution in [-0.2, 0) is 14.2 Å². The molecule has 2 heterocycles. The van der Waals surface area contributed by atoms with E-state index >= 15 is 0 Å². The molecule has 2 aliphatic heterocycles. The molecule has 0 saturated carbocycles. The number of hydrogen-bond acceptors (Lipinski definition) is 13. The van der Waals surface area contributed by atoms with Gasteiger partial charge in [-0.25, -0.2) is 0 Å². The van der Waals surface area contributed by atoms with E-state index in [0.29, 0.717) is 5.75 Å². The minimum atomic E-state index is -1.67. The van der Waals surface area contributed by atoms with Gasteiger partial charge >= 0.3 is 0 Å². The van der Waals surface area contributed by atoms with E-state index in [4.69, 9.17) is 33.2 Å². The van der Waals surface area contributed by atoms with E-state index in [1.165, 1.54) is 40.4 Å². The Hall–Kier alpha value is -1.94. The first kappa shape index (κ1) is 26.7. The molecule has 0 unspecified atom stereocenters. The minimum Gasteiger partial charge on any atom is -0.493 e. The number of benzene rings is 1. The third-order valence-corrected chi connectivity index (χ3v) is 5.81. The fraction of sp³-hybridized carbons (Fsp3) is 0.714. The molecule has 0 aromatic heterocycles. The zero-order valence-electron chi connectivity index (χ0n) is 19.2. The maximum atomic E-state index is 10.7. The Kier molecular flexibility index (Phi) is 8.78. The summed E-state index contributed by atoms with van der Waals surface area (Å²) in [6, 6.07) is 2.92. The molecule has 0 aliphatic carbocycles. The van der Waals surface area contributed by atoms with Crippen LogP contribution < -0.4 is 18.9 Å². The van der Waals surface area contributed by atoms with Crippen molar-refractivity contribution in [2.45, 2.75) is 68.3 Å². The monoisotopic (exact) mass is 492 g/mol. The molecule has 10 atom stereocenters. The smallest absolute Gasteiger partial charge is 0.229 e. The highest BCUT2D eigenvalue weighted by Crippen LogP contribution is 2.42. The average molecular weight is 492 g/mol. The summed E-state index contributed by atoms with van der Waals surface area (Å²) in [4.78, 5) is 0. The second-order valence-electron chi connectivity index (χ2n) is 7.97. The lowest BCUT2D eigenvalue weighted by molar-refractivity contribution is -0.354. The highest BCUT2D eigenvalue weighted by molar-refractivity contribution is 5.55. The van der Waals surface area contributed by atoms with Crippen LogP contribution in [0.1, 0.15) is 6.92 Å². The number of hydrogen-bond donors (Lipinski definition) is 6. The molecule has 13 heteroatoms. The van der Waals surface area contributed by atoms with Crippen LogP contribution in [0, 0.1) is 0 Å². The van der Waals surface area contributed by atoms with Gasteiger partial charge in [-0.1, -0.05) is 0 Å². The summed E-state index contributed by atoms with van der Waals surface area (Å²) in [6.45, 7) is 0.828. The van der Waals surface area contributed by atoms with Gasteiger partial charge in [0.1, 0.15) is 42.4 Å². The van der Waals surface area contributed by atoms with Crippen molar-refractivity contribution < 1.29 is 63.8 Å². The SMILES string of the molecule is COc1cc(O[C@@H]2O[C@H](CO)[C@@H](O)[C@H](O)[C@H]2O[C@@H]2O[C@@H](C)[C@@H](O)[C@@H](O)[C@@H]2O)cc(OC)c1OC. The molecule has 1 aromatic rings. The van der Waals surface area contributed by atoms with Crippen LogP contribution >= 0.6 is 0 Å². The number of rotatable bonds is 8. The first-order valence-electron chi connectivity index (χ1n) is 10.6. The van der Waals surface area contributed by atoms with Crippen molar-refractivity contribution in [1.82, 2.24) is 0 Å². The highest BCUT2D eigenvalue weighted by Gasteiger charge is 2.50. The first-order valence-corrected chi connectivity index (χ1v) is 10.6. The molecule has 2 fully saturated rings. The van der Waals surface area contributed by atoms with Crippen LogP contribution in [0.3, 0.4) is 0 Å². The van der Waals surface area contributed by atoms with Gasteiger partial charge in [0, 0.05) is 12.1 Å². The molecule has 0 spiro atoms. The van der Waals surface area contributed by atoms with Crippen molar-refractivity contribution in [1.29, 1.82) is 0 Å². The van der Waals surface area contributed by atoms with Gasteiger partial charge in [0.15, 0.2) is 23.9 Å². The van der Waals surface area contributed by atoms with Crippen LogP contribution in [0.4, 0.5) is 0 Å². The van der Waals surface area contributed by atoms with Crippen molar-refractivity contribution in [2.75, 3.05) is 27.9 Å². The molecule has 0 radical (unpaired) electrons. The lowest BCUT2D eigenvalue weighted by Gasteiger charge is -2.45. The Bertz CT molecular complexity index is 782. The number of aliphatic hydroxyl groups excluding tert-OH is 6. The van der Waals surface area contributed by atoms with E-state index in [0.717, 1.165) is 0 Å². The van der Waals surface area contributed by atoms with E-state index in [-0.39, 0.29) is 17.2 Å². The van der Waals surface area contributed by atoms with Crippen LogP contribution in [0.5, 0.6) is 23.0 Å². The van der Waals surface area contributed by atoms with Gasteiger partial charge in [-0.05, 0) is 6.92 Å². The summed E-state index contributed by atoms with van der Waals surface area (Å²) in [6.07, 6.45) is -14.3. The van der Waals surface area contributed by atoms with Crippen molar-refractivity contribution in [2.24, 2.45) is 0 Å². The standard InChI is InChI=1S/C21H32O13/c1-8-13(23)15(25)17(27)20(31-8)34-19-16(26)14(24)12(7-22)33-21(19)32-9-5-10(28-2)18(30-4)11(6-9)29-3/h5-6,8,12-17,19-27H,7H2,1-4H3/t8-,12+,13+,14+,15+,16-,17-,19+,20-,21+/m0/s1. The third kappa shape index (κ3) is 5.17. The van der Waals surface area contributed by atoms with Gasteiger partial charge in [0.05, 0.1) is 34.0 Å². The summed E-state index contributed by atoms with van der Waals surface area (Å²) < 4.78 is 38.5. The van der Waals surface area contributed by atoms with Gasteiger partial charge in [0.25, 0.3) is 0 Å². The van der Waals surface area contributed by atoms with E-state index in [2.05, 4.69) is 0 Å². The van der Waals surface area contributed by atoms with Crippen LogP contribution in [0.2, 0.25) is 0 Å². The van der Waals surface area contributed by atoms with Crippen molar-refractivity contribution in [3.8, 4) is 23.0 Å². The molecular formula is C21H32O13.